The topological polar surface area (TPSA) is 72.7 Å². The molecule has 1 amide bonds. The van der Waals surface area contributed by atoms with Crippen molar-refractivity contribution in [1.29, 1.82) is 0 Å². The normalized spacial score (nSPS) is 10.2. The van der Waals surface area contributed by atoms with Crippen molar-refractivity contribution in [3.63, 3.8) is 0 Å². The quantitative estimate of drug-likeness (QED) is 0.876. The minimum Gasteiger partial charge on any atom is -0.345 e. The number of halogens is 1. The Morgan fingerprint density at radius 1 is 1.59 bits per heavy atom. The standard InChI is InChI=1S/C10H10ClN5O/c1-16-6-14-9(15-16)5-13-10(17)7-2-3-12-4-8(7)11/h2-4,6H,5H2,1H3,(H,13,17). The number of carbonyl (C=O) groups excluding carboxylic acids is 1. The number of hydrogen-bond acceptors (Lipinski definition) is 4. The summed E-state index contributed by atoms with van der Waals surface area (Å²) in [6.07, 6.45) is 4.51. The van der Waals surface area contributed by atoms with E-state index >= 15 is 0 Å². The van der Waals surface area contributed by atoms with E-state index in [1.165, 1.54) is 12.4 Å². The van der Waals surface area contributed by atoms with Gasteiger partial charge in [0.2, 0.25) is 0 Å². The van der Waals surface area contributed by atoms with E-state index in [4.69, 9.17) is 11.6 Å². The number of amides is 1. The molecule has 0 atom stereocenters. The number of aryl methyl sites for hydroxylation is 1. The molecule has 2 rings (SSSR count). The second-order valence-corrected chi connectivity index (χ2v) is 3.78. The van der Waals surface area contributed by atoms with Crippen LogP contribution < -0.4 is 5.32 Å². The molecule has 2 heterocycles. The van der Waals surface area contributed by atoms with E-state index in [1.54, 1.807) is 24.1 Å². The van der Waals surface area contributed by atoms with Crippen LogP contribution in [0.5, 0.6) is 0 Å². The molecule has 0 fully saturated rings. The van der Waals surface area contributed by atoms with Gasteiger partial charge in [-0.25, -0.2) is 4.98 Å². The summed E-state index contributed by atoms with van der Waals surface area (Å²) in [6.45, 7) is 0.262. The van der Waals surface area contributed by atoms with Crippen molar-refractivity contribution < 1.29 is 4.79 Å². The number of hydrogen-bond donors (Lipinski definition) is 1. The summed E-state index contributed by atoms with van der Waals surface area (Å²) in [5, 5.41) is 7.04. The van der Waals surface area contributed by atoms with Gasteiger partial charge in [0.1, 0.15) is 6.33 Å². The van der Waals surface area contributed by atoms with Gasteiger partial charge in [-0.05, 0) is 6.07 Å². The molecule has 0 unspecified atom stereocenters. The number of rotatable bonds is 3. The first-order chi connectivity index (χ1) is 8.16. The van der Waals surface area contributed by atoms with Gasteiger partial charge in [-0.3, -0.25) is 14.5 Å². The van der Waals surface area contributed by atoms with Crippen molar-refractivity contribution >= 4 is 17.5 Å². The van der Waals surface area contributed by atoms with Crippen molar-refractivity contribution in [1.82, 2.24) is 25.1 Å². The van der Waals surface area contributed by atoms with Crippen molar-refractivity contribution in [3.05, 3.63) is 41.2 Å². The Labute approximate surface area is 103 Å². The first-order valence-electron chi connectivity index (χ1n) is 4.89. The molecular formula is C10H10ClN5O. The molecule has 2 aromatic heterocycles. The van der Waals surface area contributed by atoms with Crippen LogP contribution in [0.3, 0.4) is 0 Å². The predicted molar refractivity (Wildman–Crippen MR) is 61.4 cm³/mol. The predicted octanol–water partition coefficient (Wildman–Crippen LogP) is 0.793. The van der Waals surface area contributed by atoms with E-state index in [-0.39, 0.29) is 12.5 Å². The highest BCUT2D eigenvalue weighted by Gasteiger charge is 2.10. The molecule has 0 aromatic carbocycles. The third-order valence-corrected chi connectivity index (χ3v) is 2.37. The van der Waals surface area contributed by atoms with Gasteiger partial charge < -0.3 is 5.32 Å². The van der Waals surface area contributed by atoms with Crippen LogP contribution >= 0.6 is 11.6 Å². The number of pyridine rings is 1. The molecule has 17 heavy (non-hydrogen) atoms. The third-order valence-electron chi connectivity index (χ3n) is 2.07. The van der Waals surface area contributed by atoms with E-state index in [0.29, 0.717) is 16.4 Å². The fraction of sp³-hybridized carbons (Fsp3) is 0.200. The van der Waals surface area contributed by atoms with Crippen LogP contribution in [0.2, 0.25) is 5.02 Å². The molecule has 0 saturated carbocycles. The minimum atomic E-state index is -0.273. The lowest BCUT2D eigenvalue weighted by molar-refractivity contribution is 0.0950. The Balaban J connectivity index is 2.01. The highest BCUT2D eigenvalue weighted by molar-refractivity contribution is 6.33. The zero-order valence-corrected chi connectivity index (χ0v) is 9.85. The Morgan fingerprint density at radius 3 is 3.06 bits per heavy atom. The molecule has 0 bridgehead atoms. The molecule has 88 valence electrons. The molecule has 1 N–H and O–H groups in total. The average Bonchev–Trinajstić information content (AvgIpc) is 2.73. The summed E-state index contributed by atoms with van der Waals surface area (Å²) in [5.41, 5.74) is 0.387. The number of aromatic nitrogens is 4. The van der Waals surface area contributed by atoms with E-state index in [2.05, 4.69) is 20.4 Å². The summed E-state index contributed by atoms with van der Waals surface area (Å²) in [7, 11) is 1.76. The summed E-state index contributed by atoms with van der Waals surface area (Å²) < 4.78 is 1.57. The zero-order chi connectivity index (χ0) is 12.3. The maximum absolute atomic E-state index is 11.8. The van der Waals surface area contributed by atoms with E-state index in [0.717, 1.165) is 0 Å². The molecule has 0 saturated heterocycles. The van der Waals surface area contributed by atoms with Crippen molar-refractivity contribution in [2.24, 2.45) is 7.05 Å². The van der Waals surface area contributed by atoms with Crippen LogP contribution in [-0.2, 0) is 13.6 Å². The average molecular weight is 252 g/mol. The third kappa shape index (κ3) is 2.79. The van der Waals surface area contributed by atoms with Gasteiger partial charge in [-0.15, -0.1) is 0 Å². The molecule has 0 radical (unpaired) electrons. The highest BCUT2D eigenvalue weighted by Crippen LogP contribution is 2.12. The lowest BCUT2D eigenvalue weighted by Gasteiger charge is -2.03. The first-order valence-corrected chi connectivity index (χ1v) is 5.27. The van der Waals surface area contributed by atoms with E-state index < -0.39 is 0 Å². The Kier molecular flexibility index (Phi) is 3.34. The van der Waals surface area contributed by atoms with E-state index in [9.17, 15) is 4.79 Å². The Hall–Kier alpha value is -1.95. The largest absolute Gasteiger partial charge is 0.345 e. The van der Waals surface area contributed by atoms with Crippen LogP contribution in [0.4, 0.5) is 0 Å². The van der Waals surface area contributed by atoms with Crippen molar-refractivity contribution in [2.75, 3.05) is 0 Å². The monoisotopic (exact) mass is 251 g/mol. The lowest BCUT2D eigenvalue weighted by atomic mass is 10.2. The first kappa shape index (κ1) is 11.5. The maximum Gasteiger partial charge on any atom is 0.253 e. The smallest absolute Gasteiger partial charge is 0.253 e. The minimum absolute atomic E-state index is 0.262. The van der Waals surface area contributed by atoms with Crippen LogP contribution in [0.25, 0.3) is 0 Å². The summed E-state index contributed by atoms with van der Waals surface area (Å²) >= 11 is 5.85. The number of nitrogens with zero attached hydrogens (tertiary/aromatic N) is 4. The van der Waals surface area contributed by atoms with Gasteiger partial charge in [-0.2, -0.15) is 5.10 Å². The lowest BCUT2D eigenvalue weighted by Crippen LogP contribution is -2.23. The van der Waals surface area contributed by atoms with Crippen LogP contribution in [-0.4, -0.2) is 25.7 Å². The van der Waals surface area contributed by atoms with E-state index in [1.807, 2.05) is 0 Å². The second-order valence-electron chi connectivity index (χ2n) is 3.37. The SMILES string of the molecule is Cn1cnc(CNC(=O)c2ccncc2Cl)n1. The second kappa shape index (κ2) is 4.92. The molecule has 7 heteroatoms. The highest BCUT2D eigenvalue weighted by atomic mass is 35.5. The summed E-state index contributed by atoms with van der Waals surface area (Å²) in [4.78, 5) is 19.6. The molecule has 6 nitrogen and oxygen atoms in total. The van der Waals surface area contributed by atoms with Gasteiger partial charge in [0, 0.05) is 19.4 Å². The summed E-state index contributed by atoms with van der Waals surface area (Å²) in [6, 6.07) is 1.56. The van der Waals surface area contributed by atoms with Gasteiger partial charge in [0.25, 0.3) is 5.91 Å². The number of nitrogens with one attached hydrogen (secondary N) is 1. The fourth-order valence-electron chi connectivity index (χ4n) is 1.28. The van der Waals surface area contributed by atoms with Gasteiger partial charge in [0.05, 0.1) is 17.1 Å². The van der Waals surface area contributed by atoms with Crippen LogP contribution in [0.1, 0.15) is 16.2 Å². The van der Waals surface area contributed by atoms with Crippen molar-refractivity contribution in [3.8, 4) is 0 Å². The Bertz CT molecular complexity index is 539. The zero-order valence-electron chi connectivity index (χ0n) is 9.09. The molecule has 0 aliphatic heterocycles. The molecule has 0 spiro atoms. The fourth-order valence-corrected chi connectivity index (χ4v) is 1.48. The number of carbonyl (C=O) groups is 1. The molecule has 2 aromatic rings. The van der Waals surface area contributed by atoms with Crippen LogP contribution in [0, 0.1) is 0 Å². The van der Waals surface area contributed by atoms with Crippen molar-refractivity contribution in [2.45, 2.75) is 6.54 Å². The van der Waals surface area contributed by atoms with Gasteiger partial charge in [0.15, 0.2) is 5.82 Å². The van der Waals surface area contributed by atoms with Crippen LogP contribution in [0.15, 0.2) is 24.8 Å². The maximum atomic E-state index is 11.8. The van der Waals surface area contributed by atoms with Gasteiger partial charge in [-0.1, -0.05) is 11.6 Å². The molecular weight excluding hydrogens is 242 g/mol. The Morgan fingerprint density at radius 2 is 2.41 bits per heavy atom. The molecule has 0 aliphatic carbocycles. The van der Waals surface area contributed by atoms with Gasteiger partial charge >= 0.3 is 0 Å². The summed E-state index contributed by atoms with van der Waals surface area (Å²) in [5.74, 6) is 0.274. The molecule has 0 aliphatic rings.